The summed E-state index contributed by atoms with van der Waals surface area (Å²) in [4.78, 5) is 28.7. The number of hydrogen-bond donors (Lipinski definition) is 0. The zero-order chi connectivity index (χ0) is 36.1. The molecule has 0 aliphatic carbocycles. The highest BCUT2D eigenvalue weighted by Gasteiger charge is 2.14. The molecule has 6 heteroatoms. The van der Waals surface area contributed by atoms with E-state index in [1.54, 1.807) is 12.4 Å². The lowest BCUT2D eigenvalue weighted by Gasteiger charge is -2.11. The monoisotopic (exact) mass is 692 g/mol. The molecule has 0 aliphatic heterocycles. The Morgan fingerprint density at radius 1 is 0.259 bits per heavy atom. The summed E-state index contributed by atoms with van der Waals surface area (Å²) in [5.74, 6) is 1.88. The maximum atomic E-state index is 4.99. The van der Waals surface area contributed by atoms with Gasteiger partial charge in [-0.2, -0.15) is 0 Å². The van der Waals surface area contributed by atoms with Crippen molar-refractivity contribution in [2.75, 3.05) is 0 Å². The summed E-state index contributed by atoms with van der Waals surface area (Å²) in [7, 11) is 0. The predicted molar refractivity (Wildman–Crippen MR) is 217 cm³/mol. The zero-order valence-electron chi connectivity index (χ0n) is 29.2. The van der Waals surface area contributed by atoms with Crippen LogP contribution >= 0.6 is 0 Å². The predicted octanol–water partition coefficient (Wildman–Crippen LogP) is 11.4. The van der Waals surface area contributed by atoms with Crippen LogP contribution in [-0.2, 0) is 0 Å². The molecule has 0 unspecified atom stereocenters. The van der Waals surface area contributed by atoms with Crippen LogP contribution in [0.1, 0.15) is 0 Å². The lowest BCUT2D eigenvalue weighted by atomic mass is 9.97. The first kappa shape index (κ1) is 32.5. The molecule has 9 rings (SSSR count). The van der Waals surface area contributed by atoms with E-state index in [0.717, 1.165) is 67.2 Å². The van der Waals surface area contributed by atoms with Crippen molar-refractivity contribution in [3.8, 4) is 90.2 Å². The SMILES string of the molecule is c1ccc(-c2ccc(-c3nc(-c4ccccc4)nc(-c4ccc(-c5cccc(-c6cc(-c7cccnc7)nc(-c7ccccn7)c6)c5)cc4)n3)cc2)cc1. The lowest BCUT2D eigenvalue weighted by Crippen LogP contribution is -2.00. The van der Waals surface area contributed by atoms with Gasteiger partial charge in [0.05, 0.1) is 17.1 Å². The summed E-state index contributed by atoms with van der Waals surface area (Å²) in [5.41, 5.74) is 12.8. The van der Waals surface area contributed by atoms with Crippen LogP contribution in [0.3, 0.4) is 0 Å². The van der Waals surface area contributed by atoms with E-state index < -0.39 is 0 Å². The van der Waals surface area contributed by atoms with Gasteiger partial charge in [0.2, 0.25) is 0 Å². The second kappa shape index (κ2) is 14.7. The molecule has 0 saturated heterocycles. The Morgan fingerprint density at radius 2 is 0.741 bits per heavy atom. The van der Waals surface area contributed by atoms with Crippen LogP contribution < -0.4 is 0 Å². The molecule has 4 aromatic heterocycles. The van der Waals surface area contributed by atoms with Gasteiger partial charge >= 0.3 is 0 Å². The Hall–Kier alpha value is -7.44. The van der Waals surface area contributed by atoms with Crippen LogP contribution in [-0.4, -0.2) is 29.9 Å². The van der Waals surface area contributed by atoms with Crippen LogP contribution in [0.5, 0.6) is 0 Å². The molecule has 0 saturated carbocycles. The van der Waals surface area contributed by atoms with E-state index in [9.17, 15) is 0 Å². The van der Waals surface area contributed by atoms with Gasteiger partial charge in [-0.25, -0.2) is 19.9 Å². The number of pyridine rings is 3. The highest BCUT2D eigenvalue weighted by Crippen LogP contribution is 2.33. The van der Waals surface area contributed by atoms with Crippen molar-refractivity contribution in [1.82, 2.24) is 29.9 Å². The summed E-state index contributed by atoms with van der Waals surface area (Å²) in [6.07, 6.45) is 5.40. The van der Waals surface area contributed by atoms with Gasteiger partial charge in [-0.1, -0.05) is 133 Å². The molecular weight excluding hydrogens is 661 g/mol. The standard InChI is InChI=1S/C48H32N6/c1-3-11-33(12-4-1)34-19-23-37(24-20-34)47-52-46(36-13-5-2-6-14-36)53-48(54-47)38-25-21-35(22-26-38)39-15-9-16-40(29-39)42-30-44(41-17-10-27-49-32-41)51-45(31-42)43-18-7-8-28-50-43/h1-32H. The number of benzene rings is 5. The molecule has 54 heavy (non-hydrogen) atoms. The Morgan fingerprint density at radius 3 is 1.33 bits per heavy atom. The van der Waals surface area contributed by atoms with Gasteiger partial charge in [0.1, 0.15) is 0 Å². The smallest absolute Gasteiger partial charge is 0.164 e. The fraction of sp³-hybridized carbons (Fsp3) is 0. The van der Waals surface area contributed by atoms with Crippen LogP contribution in [0.25, 0.3) is 90.2 Å². The lowest BCUT2D eigenvalue weighted by molar-refractivity contribution is 1.07. The maximum Gasteiger partial charge on any atom is 0.164 e. The normalized spacial score (nSPS) is 11.0. The van der Waals surface area contributed by atoms with Gasteiger partial charge in [-0.05, 0) is 75.8 Å². The Balaban J connectivity index is 1.06. The molecule has 6 nitrogen and oxygen atoms in total. The molecule has 4 heterocycles. The van der Waals surface area contributed by atoms with Crippen LogP contribution in [0, 0.1) is 0 Å². The van der Waals surface area contributed by atoms with Crippen molar-refractivity contribution in [3.63, 3.8) is 0 Å². The van der Waals surface area contributed by atoms with E-state index in [1.807, 2.05) is 72.9 Å². The number of aromatic nitrogens is 6. The van der Waals surface area contributed by atoms with Gasteiger partial charge in [0.25, 0.3) is 0 Å². The third-order valence-corrected chi connectivity index (χ3v) is 9.30. The zero-order valence-corrected chi connectivity index (χ0v) is 29.2. The number of hydrogen-bond acceptors (Lipinski definition) is 6. The van der Waals surface area contributed by atoms with Gasteiger partial charge < -0.3 is 0 Å². The van der Waals surface area contributed by atoms with E-state index in [1.165, 1.54) is 5.56 Å². The van der Waals surface area contributed by atoms with Gasteiger partial charge in [-0.3, -0.25) is 9.97 Å². The topological polar surface area (TPSA) is 77.3 Å². The summed E-state index contributed by atoms with van der Waals surface area (Å²) >= 11 is 0. The molecule has 0 fully saturated rings. The summed E-state index contributed by atoms with van der Waals surface area (Å²) in [6, 6.07) is 59.8. The van der Waals surface area contributed by atoms with E-state index >= 15 is 0 Å². The minimum atomic E-state index is 0.619. The molecule has 0 atom stereocenters. The highest BCUT2D eigenvalue weighted by atomic mass is 15.0. The van der Waals surface area contributed by atoms with Crippen LogP contribution in [0.2, 0.25) is 0 Å². The third kappa shape index (κ3) is 6.92. The molecule has 5 aromatic carbocycles. The quantitative estimate of drug-likeness (QED) is 0.158. The molecule has 254 valence electrons. The average molecular weight is 693 g/mol. The van der Waals surface area contributed by atoms with E-state index in [4.69, 9.17) is 19.9 Å². The Bertz CT molecular complexity index is 2610. The van der Waals surface area contributed by atoms with Crippen molar-refractivity contribution in [2.45, 2.75) is 0 Å². The molecular formula is C48H32N6. The van der Waals surface area contributed by atoms with Crippen molar-refractivity contribution in [3.05, 3.63) is 195 Å². The molecule has 0 bridgehead atoms. The fourth-order valence-electron chi connectivity index (χ4n) is 6.49. The van der Waals surface area contributed by atoms with Crippen LogP contribution in [0.4, 0.5) is 0 Å². The minimum absolute atomic E-state index is 0.619. The van der Waals surface area contributed by atoms with E-state index in [2.05, 4.69) is 119 Å². The first-order valence-electron chi connectivity index (χ1n) is 17.8. The van der Waals surface area contributed by atoms with Gasteiger partial charge in [-0.15, -0.1) is 0 Å². The molecule has 0 radical (unpaired) electrons. The van der Waals surface area contributed by atoms with Crippen molar-refractivity contribution in [1.29, 1.82) is 0 Å². The van der Waals surface area contributed by atoms with E-state index in [-0.39, 0.29) is 0 Å². The molecule has 0 aliphatic rings. The molecule has 0 N–H and O–H groups in total. The summed E-state index contributed by atoms with van der Waals surface area (Å²) < 4.78 is 0. The van der Waals surface area contributed by atoms with Gasteiger partial charge in [0, 0.05) is 40.8 Å². The second-order valence-electron chi connectivity index (χ2n) is 12.9. The first-order valence-corrected chi connectivity index (χ1v) is 17.8. The van der Waals surface area contributed by atoms with Crippen molar-refractivity contribution >= 4 is 0 Å². The molecule has 0 amide bonds. The van der Waals surface area contributed by atoms with Crippen LogP contribution in [0.15, 0.2) is 195 Å². The number of nitrogens with zero attached hydrogens (tertiary/aromatic N) is 6. The minimum Gasteiger partial charge on any atom is -0.264 e. The van der Waals surface area contributed by atoms with Gasteiger partial charge in [0.15, 0.2) is 17.5 Å². The molecule has 9 aromatic rings. The Kier molecular flexibility index (Phi) is 8.81. The third-order valence-electron chi connectivity index (χ3n) is 9.30. The maximum absolute atomic E-state index is 4.99. The van der Waals surface area contributed by atoms with Crippen molar-refractivity contribution in [2.24, 2.45) is 0 Å². The number of rotatable bonds is 8. The van der Waals surface area contributed by atoms with Crippen molar-refractivity contribution < 1.29 is 0 Å². The first-order chi connectivity index (χ1) is 26.7. The largest absolute Gasteiger partial charge is 0.264 e. The second-order valence-corrected chi connectivity index (χ2v) is 12.9. The molecule has 0 spiro atoms. The average Bonchev–Trinajstić information content (AvgIpc) is 3.27. The summed E-state index contributed by atoms with van der Waals surface area (Å²) in [5, 5.41) is 0. The Labute approximate surface area is 313 Å². The highest BCUT2D eigenvalue weighted by molar-refractivity contribution is 5.79. The van der Waals surface area contributed by atoms with E-state index in [0.29, 0.717) is 17.5 Å². The fourth-order valence-corrected chi connectivity index (χ4v) is 6.49. The summed E-state index contributed by atoms with van der Waals surface area (Å²) in [6.45, 7) is 0.